The summed E-state index contributed by atoms with van der Waals surface area (Å²) < 4.78 is 48.6. The lowest BCUT2D eigenvalue weighted by Crippen LogP contribution is -2.32. The number of nitrogens with two attached hydrogens (primary N) is 1. The van der Waals surface area contributed by atoms with Crippen LogP contribution in [0, 0.1) is 0 Å². The Labute approximate surface area is 128 Å². The Bertz CT molecular complexity index is 504. The molecule has 6 nitrogen and oxygen atoms in total. The quantitative estimate of drug-likeness (QED) is 0.678. The number of carboxylic acids is 2. The third-order valence-electron chi connectivity index (χ3n) is 2.28. The summed E-state index contributed by atoms with van der Waals surface area (Å²) in [5.74, 6) is -3.23. The standard InChI is InChI=1S/C11H14FNO3.C2HF3O2/c12-5-6-16-9-3-1-8(2-4-9)7-10(13)11(14)15;3-2(4,5)1(6)7/h1-4,10H,5-7,13H2,(H,14,15);(H,6,7)/t10-;/m1./s1. The second-order valence-electron chi connectivity index (χ2n) is 4.13. The predicted octanol–water partition coefficient (Wildman–Crippen LogP) is 1.62. The van der Waals surface area contributed by atoms with Gasteiger partial charge in [-0.05, 0) is 24.1 Å². The lowest BCUT2D eigenvalue weighted by atomic mass is 10.1. The Morgan fingerprint density at radius 3 is 2.00 bits per heavy atom. The maximum absolute atomic E-state index is 11.8. The number of hydrogen-bond donors (Lipinski definition) is 3. The van der Waals surface area contributed by atoms with Gasteiger partial charge in [-0.2, -0.15) is 13.2 Å². The van der Waals surface area contributed by atoms with Crippen molar-refractivity contribution >= 4 is 11.9 Å². The number of carbonyl (C=O) groups is 2. The fraction of sp³-hybridized carbons (Fsp3) is 0.385. The van der Waals surface area contributed by atoms with Gasteiger partial charge in [-0.15, -0.1) is 0 Å². The molecule has 4 N–H and O–H groups in total. The molecule has 0 radical (unpaired) electrons. The molecular formula is C13H15F4NO5. The average molecular weight is 341 g/mol. The van der Waals surface area contributed by atoms with Gasteiger partial charge >= 0.3 is 18.1 Å². The summed E-state index contributed by atoms with van der Waals surface area (Å²) in [6, 6.07) is 5.86. The van der Waals surface area contributed by atoms with Gasteiger partial charge in [-0.1, -0.05) is 12.1 Å². The van der Waals surface area contributed by atoms with Crippen LogP contribution < -0.4 is 10.5 Å². The van der Waals surface area contributed by atoms with Crippen LogP contribution in [0.15, 0.2) is 24.3 Å². The van der Waals surface area contributed by atoms with Crippen LogP contribution in [-0.2, 0) is 16.0 Å². The topological polar surface area (TPSA) is 110 Å². The van der Waals surface area contributed by atoms with Crippen molar-refractivity contribution in [3.63, 3.8) is 0 Å². The Morgan fingerprint density at radius 2 is 1.65 bits per heavy atom. The molecule has 0 spiro atoms. The SMILES string of the molecule is N[C@H](Cc1ccc(OCCF)cc1)C(=O)O.O=C(O)C(F)(F)F. The minimum atomic E-state index is -5.08. The summed E-state index contributed by atoms with van der Waals surface area (Å²) in [6.07, 6.45) is -4.82. The van der Waals surface area contributed by atoms with Crippen LogP contribution in [0.25, 0.3) is 0 Å². The van der Waals surface area contributed by atoms with Crippen LogP contribution in [0.4, 0.5) is 17.6 Å². The van der Waals surface area contributed by atoms with E-state index in [1.54, 1.807) is 24.3 Å². The van der Waals surface area contributed by atoms with Crippen molar-refractivity contribution in [2.75, 3.05) is 13.3 Å². The van der Waals surface area contributed by atoms with Crippen LogP contribution >= 0.6 is 0 Å². The summed E-state index contributed by atoms with van der Waals surface area (Å²) in [4.78, 5) is 19.4. The molecule has 0 saturated heterocycles. The third kappa shape index (κ3) is 9.30. The number of hydrogen-bond acceptors (Lipinski definition) is 4. The number of halogens is 4. The molecule has 0 fully saturated rings. The molecule has 0 aliphatic carbocycles. The number of ether oxygens (including phenoxy) is 1. The Hall–Kier alpha value is -2.36. The van der Waals surface area contributed by atoms with Crippen molar-refractivity contribution in [1.29, 1.82) is 0 Å². The first-order chi connectivity index (χ1) is 10.6. The van der Waals surface area contributed by atoms with Gasteiger partial charge in [0.15, 0.2) is 0 Å². The maximum Gasteiger partial charge on any atom is 0.490 e. The van der Waals surface area contributed by atoms with Crippen LogP contribution in [-0.4, -0.2) is 47.7 Å². The molecule has 0 bridgehead atoms. The molecule has 0 unspecified atom stereocenters. The monoisotopic (exact) mass is 341 g/mol. The first-order valence-electron chi connectivity index (χ1n) is 6.14. The van der Waals surface area contributed by atoms with Gasteiger partial charge in [0.05, 0.1) is 0 Å². The molecule has 0 amide bonds. The van der Waals surface area contributed by atoms with Crippen LogP contribution in [0.2, 0.25) is 0 Å². The zero-order valence-electron chi connectivity index (χ0n) is 11.7. The zero-order chi connectivity index (χ0) is 18.0. The fourth-order valence-corrected chi connectivity index (χ4v) is 1.22. The van der Waals surface area contributed by atoms with Crippen LogP contribution in [0.1, 0.15) is 5.56 Å². The van der Waals surface area contributed by atoms with Gasteiger partial charge in [0.1, 0.15) is 25.1 Å². The van der Waals surface area contributed by atoms with Crippen molar-refractivity contribution < 1.29 is 42.1 Å². The molecule has 130 valence electrons. The van der Waals surface area contributed by atoms with Gasteiger partial charge in [-0.3, -0.25) is 4.79 Å². The summed E-state index contributed by atoms with van der Waals surface area (Å²) >= 11 is 0. The van der Waals surface area contributed by atoms with E-state index in [4.69, 9.17) is 25.5 Å². The van der Waals surface area contributed by atoms with E-state index in [1.807, 2.05) is 0 Å². The van der Waals surface area contributed by atoms with E-state index in [9.17, 15) is 22.4 Å². The smallest absolute Gasteiger partial charge is 0.490 e. The summed E-state index contributed by atoms with van der Waals surface area (Å²) in [5, 5.41) is 15.7. The highest BCUT2D eigenvalue weighted by Gasteiger charge is 2.38. The van der Waals surface area contributed by atoms with Crippen molar-refractivity contribution in [3.05, 3.63) is 29.8 Å². The molecule has 0 aromatic heterocycles. The molecule has 1 rings (SSSR count). The highest BCUT2D eigenvalue weighted by molar-refractivity contribution is 5.73. The number of aliphatic carboxylic acids is 2. The molecule has 1 aromatic rings. The van der Waals surface area contributed by atoms with E-state index in [0.29, 0.717) is 5.75 Å². The van der Waals surface area contributed by atoms with Gasteiger partial charge in [0.25, 0.3) is 0 Å². The van der Waals surface area contributed by atoms with Crippen molar-refractivity contribution in [2.45, 2.75) is 18.6 Å². The Morgan fingerprint density at radius 1 is 1.17 bits per heavy atom. The van der Waals surface area contributed by atoms with Crippen molar-refractivity contribution in [2.24, 2.45) is 5.73 Å². The number of alkyl halides is 4. The molecule has 0 aliphatic heterocycles. The summed E-state index contributed by atoms with van der Waals surface area (Å²) in [7, 11) is 0. The highest BCUT2D eigenvalue weighted by atomic mass is 19.4. The van der Waals surface area contributed by atoms with E-state index >= 15 is 0 Å². The number of rotatable bonds is 6. The van der Waals surface area contributed by atoms with Crippen LogP contribution in [0.5, 0.6) is 5.75 Å². The molecule has 0 saturated carbocycles. The van der Waals surface area contributed by atoms with E-state index in [2.05, 4.69) is 0 Å². The maximum atomic E-state index is 11.8. The summed E-state index contributed by atoms with van der Waals surface area (Å²) in [5.41, 5.74) is 6.19. The van der Waals surface area contributed by atoms with E-state index in [-0.39, 0.29) is 13.0 Å². The molecule has 23 heavy (non-hydrogen) atoms. The molecule has 10 heteroatoms. The van der Waals surface area contributed by atoms with E-state index in [0.717, 1.165) is 5.56 Å². The molecule has 0 heterocycles. The normalized spacial score (nSPS) is 11.9. The lowest BCUT2D eigenvalue weighted by molar-refractivity contribution is -0.192. The Kier molecular flexibility index (Phi) is 8.63. The zero-order valence-corrected chi connectivity index (χ0v) is 11.7. The molecule has 1 aromatic carbocycles. The molecular weight excluding hydrogens is 326 g/mol. The minimum Gasteiger partial charge on any atom is -0.491 e. The Balaban J connectivity index is 0.000000585. The van der Waals surface area contributed by atoms with E-state index < -0.39 is 30.8 Å². The first-order valence-corrected chi connectivity index (χ1v) is 6.14. The van der Waals surface area contributed by atoms with Crippen LogP contribution in [0.3, 0.4) is 0 Å². The number of carboxylic acid groups (broad SMARTS) is 2. The largest absolute Gasteiger partial charge is 0.491 e. The second-order valence-corrected chi connectivity index (χ2v) is 4.13. The highest BCUT2D eigenvalue weighted by Crippen LogP contribution is 2.13. The van der Waals surface area contributed by atoms with Crippen molar-refractivity contribution in [3.8, 4) is 5.75 Å². The average Bonchev–Trinajstić information content (AvgIpc) is 2.46. The van der Waals surface area contributed by atoms with Crippen molar-refractivity contribution in [1.82, 2.24) is 0 Å². The van der Waals surface area contributed by atoms with Gasteiger partial charge in [-0.25, -0.2) is 9.18 Å². The van der Waals surface area contributed by atoms with E-state index in [1.165, 1.54) is 0 Å². The first kappa shape index (κ1) is 20.6. The summed E-state index contributed by atoms with van der Waals surface area (Å²) in [6.45, 7) is -0.514. The van der Waals surface area contributed by atoms with Gasteiger partial charge in [0.2, 0.25) is 0 Å². The van der Waals surface area contributed by atoms with Gasteiger partial charge < -0.3 is 20.7 Å². The van der Waals surface area contributed by atoms with Gasteiger partial charge in [0, 0.05) is 0 Å². The third-order valence-corrected chi connectivity index (χ3v) is 2.28. The number of benzene rings is 1. The lowest BCUT2D eigenvalue weighted by Gasteiger charge is -2.07. The predicted molar refractivity (Wildman–Crippen MR) is 70.9 cm³/mol. The second kappa shape index (κ2) is 9.62. The fourth-order valence-electron chi connectivity index (χ4n) is 1.22. The molecule has 0 aliphatic rings. The minimum absolute atomic E-state index is 0.0218. The molecule has 1 atom stereocenters.